The van der Waals surface area contributed by atoms with Crippen molar-refractivity contribution in [3.63, 3.8) is 0 Å². The molecule has 0 unspecified atom stereocenters. The summed E-state index contributed by atoms with van der Waals surface area (Å²) < 4.78 is 0. The Hall–Kier alpha value is -2.04. The number of benzene rings is 1. The molecule has 1 aliphatic rings. The van der Waals surface area contributed by atoms with Gasteiger partial charge in [0, 0.05) is 26.7 Å². The van der Waals surface area contributed by atoms with Gasteiger partial charge in [-0.3, -0.25) is 0 Å². The van der Waals surface area contributed by atoms with Crippen molar-refractivity contribution in [1.29, 1.82) is 0 Å². The molecule has 1 aromatic rings. The molecule has 5 heteroatoms. The molecule has 0 bridgehead atoms. The van der Waals surface area contributed by atoms with Crippen molar-refractivity contribution in [3.8, 4) is 0 Å². The predicted octanol–water partition coefficient (Wildman–Crippen LogP) is 2.42. The monoisotopic (exact) mass is 276 g/mol. The molecule has 1 aromatic carbocycles. The number of nitrogens with zero attached hydrogens (tertiary/aromatic N) is 2. The maximum absolute atomic E-state index is 12.2. The maximum Gasteiger partial charge on any atom is 0.335 e. The van der Waals surface area contributed by atoms with Gasteiger partial charge in [0.15, 0.2) is 0 Å². The standard InChI is InChI=1S/C15H20N2O3/c1-16(15(20)17(2)13-4-3-5-13)10-11-6-8-12(9-7-11)14(18)19/h6-9,13H,3-5,10H2,1-2H3,(H,18,19). The predicted molar refractivity (Wildman–Crippen MR) is 75.7 cm³/mol. The minimum absolute atomic E-state index is 0.0111. The first-order valence-corrected chi connectivity index (χ1v) is 6.79. The normalized spacial score (nSPS) is 14.5. The molecule has 0 atom stereocenters. The first kappa shape index (κ1) is 14.4. The molecule has 0 aromatic heterocycles. The van der Waals surface area contributed by atoms with Gasteiger partial charge in [0.05, 0.1) is 5.56 Å². The molecule has 20 heavy (non-hydrogen) atoms. The van der Waals surface area contributed by atoms with Crippen molar-refractivity contribution in [1.82, 2.24) is 9.80 Å². The number of carbonyl (C=O) groups excluding carboxylic acids is 1. The number of hydrogen-bond donors (Lipinski definition) is 1. The third-order valence-corrected chi connectivity index (χ3v) is 3.87. The summed E-state index contributed by atoms with van der Waals surface area (Å²) in [6, 6.07) is 7.00. The van der Waals surface area contributed by atoms with E-state index in [1.807, 2.05) is 7.05 Å². The zero-order valence-corrected chi connectivity index (χ0v) is 11.9. The van der Waals surface area contributed by atoms with Crippen LogP contribution in [0.15, 0.2) is 24.3 Å². The molecule has 5 nitrogen and oxygen atoms in total. The van der Waals surface area contributed by atoms with Crippen molar-refractivity contribution < 1.29 is 14.7 Å². The highest BCUT2D eigenvalue weighted by Gasteiger charge is 2.27. The molecule has 0 radical (unpaired) electrons. The van der Waals surface area contributed by atoms with E-state index in [4.69, 9.17) is 5.11 Å². The highest BCUT2D eigenvalue weighted by Crippen LogP contribution is 2.24. The second-order valence-electron chi connectivity index (χ2n) is 5.34. The molecule has 0 aliphatic heterocycles. The molecular weight excluding hydrogens is 256 g/mol. The maximum atomic E-state index is 12.2. The Bertz CT molecular complexity index is 494. The van der Waals surface area contributed by atoms with Crippen molar-refractivity contribution in [3.05, 3.63) is 35.4 Å². The third-order valence-electron chi connectivity index (χ3n) is 3.87. The lowest BCUT2D eigenvalue weighted by molar-refractivity contribution is 0.0696. The molecular formula is C15H20N2O3. The Labute approximate surface area is 118 Å². The van der Waals surface area contributed by atoms with Crippen LogP contribution in [0.3, 0.4) is 0 Å². The lowest BCUT2D eigenvalue weighted by atomic mass is 9.92. The van der Waals surface area contributed by atoms with E-state index in [0.717, 1.165) is 18.4 Å². The van der Waals surface area contributed by atoms with Crippen LogP contribution < -0.4 is 0 Å². The van der Waals surface area contributed by atoms with Crippen molar-refractivity contribution in [2.24, 2.45) is 0 Å². The molecule has 0 saturated heterocycles. The average molecular weight is 276 g/mol. The zero-order valence-electron chi connectivity index (χ0n) is 11.9. The van der Waals surface area contributed by atoms with Crippen LogP contribution in [0.2, 0.25) is 0 Å². The number of carboxylic acid groups (broad SMARTS) is 1. The van der Waals surface area contributed by atoms with Gasteiger partial charge >= 0.3 is 12.0 Å². The van der Waals surface area contributed by atoms with Crippen molar-refractivity contribution in [2.75, 3.05) is 14.1 Å². The number of rotatable bonds is 4. The van der Waals surface area contributed by atoms with E-state index < -0.39 is 5.97 Å². The number of carboxylic acids is 1. The first-order valence-electron chi connectivity index (χ1n) is 6.79. The molecule has 0 heterocycles. The van der Waals surface area contributed by atoms with E-state index in [2.05, 4.69) is 0 Å². The fourth-order valence-corrected chi connectivity index (χ4v) is 2.29. The van der Waals surface area contributed by atoms with Gasteiger partial charge in [-0.1, -0.05) is 12.1 Å². The number of aromatic carboxylic acids is 1. The second-order valence-corrected chi connectivity index (χ2v) is 5.34. The molecule has 2 rings (SSSR count). The van der Waals surface area contributed by atoms with Crippen LogP contribution in [0.1, 0.15) is 35.2 Å². The van der Waals surface area contributed by atoms with E-state index in [9.17, 15) is 9.59 Å². The van der Waals surface area contributed by atoms with Gasteiger partial charge in [-0.05, 0) is 37.0 Å². The molecule has 108 valence electrons. The van der Waals surface area contributed by atoms with Gasteiger partial charge in [0.2, 0.25) is 0 Å². The van der Waals surface area contributed by atoms with Crippen LogP contribution in [0.25, 0.3) is 0 Å². The molecule has 1 fully saturated rings. The van der Waals surface area contributed by atoms with Gasteiger partial charge in [-0.25, -0.2) is 9.59 Å². The summed E-state index contributed by atoms with van der Waals surface area (Å²) in [5, 5.41) is 8.84. The summed E-state index contributed by atoms with van der Waals surface area (Å²) in [4.78, 5) is 26.5. The van der Waals surface area contributed by atoms with Crippen LogP contribution in [-0.4, -0.2) is 47.0 Å². The largest absolute Gasteiger partial charge is 0.478 e. The Balaban J connectivity index is 1.94. The number of amides is 2. The summed E-state index contributed by atoms with van der Waals surface area (Å²) in [6.07, 6.45) is 3.37. The van der Waals surface area contributed by atoms with E-state index in [-0.39, 0.29) is 11.6 Å². The molecule has 2 amide bonds. The van der Waals surface area contributed by atoms with Crippen LogP contribution in [0.4, 0.5) is 4.79 Å². The van der Waals surface area contributed by atoms with Crippen LogP contribution in [0, 0.1) is 0 Å². The topological polar surface area (TPSA) is 60.9 Å². The molecule has 1 N–H and O–H groups in total. The summed E-state index contributed by atoms with van der Waals surface area (Å²) in [5.74, 6) is -0.939. The minimum Gasteiger partial charge on any atom is -0.478 e. The van der Waals surface area contributed by atoms with E-state index in [1.54, 1.807) is 41.1 Å². The minimum atomic E-state index is -0.939. The average Bonchev–Trinajstić information content (AvgIpc) is 2.36. The lowest BCUT2D eigenvalue weighted by Crippen LogP contribution is -2.46. The van der Waals surface area contributed by atoms with Crippen molar-refractivity contribution >= 4 is 12.0 Å². The lowest BCUT2D eigenvalue weighted by Gasteiger charge is -2.37. The highest BCUT2D eigenvalue weighted by molar-refractivity contribution is 5.87. The Morgan fingerprint density at radius 2 is 1.80 bits per heavy atom. The van der Waals surface area contributed by atoms with Gasteiger partial charge in [-0.2, -0.15) is 0 Å². The first-order chi connectivity index (χ1) is 9.49. The fourth-order valence-electron chi connectivity index (χ4n) is 2.29. The van der Waals surface area contributed by atoms with Gasteiger partial charge in [0.25, 0.3) is 0 Å². The molecule has 0 spiro atoms. The summed E-state index contributed by atoms with van der Waals surface area (Å²) in [7, 11) is 3.61. The molecule has 1 saturated carbocycles. The van der Waals surface area contributed by atoms with Crippen molar-refractivity contribution in [2.45, 2.75) is 31.8 Å². The highest BCUT2D eigenvalue weighted by atomic mass is 16.4. The summed E-state index contributed by atoms with van der Waals surface area (Å²) in [5.41, 5.74) is 1.18. The van der Waals surface area contributed by atoms with Crippen LogP contribution in [0.5, 0.6) is 0 Å². The third kappa shape index (κ3) is 3.10. The number of carbonyl (C=O) groups is 2. The summed E-state index contributed by atoms with van der Waals surface area (Å²) >= 11 is 0. The quantitative estimate of drug-likeness (QED) is 0.918. The number of urea groups is 1. The van der Waals surface area contributed by atoms with Crippen LogP contribution >= 0.6 is 0 Å². The fraction of sp³-hybridized carbons (Fsp3) is 0.467. The number of hydrogen-bond acceptors (Lipinski definition) is 2. The zero-order chi connectivity index (χ0) is 14.7. The Kier molecular flexibility index (Phi) is 4.27. The van der Waals surface area contributed by atoms with Crippen LogP contribution in [-0.2, 0) is 6.54 Å². The van der Waals surface area contributed by atoms with Gasteiger partial charge < -0.3 is 14.9 Å². The smallest absolute Gasteiger partial charge is 0.335 e. The van der Waals surface area contributed by atoms with E-state index in [0.29, 0.717) is 12.6 Å². The second kappa shape index (κ2) is 5.94. The van der Waals surface area contributed by atoms with Gasteiger partial charge in [0.1, 0.15) is 0 Å². The van der Waals surface area contributed by atoms with Gasteiger partial charge in [-0.15, -0.1) is 0 Å². The Morgan fingerprint density at radius 1 is 1.20 bits per heavy atom. The Morgan fingerprint density at radius 3 is 2.25 bits per heavy atom. The summed E-state index contributed by atoms with van der Waals surface area (Å²) in [6.45, 7) is 0.482. The van der Waals surface area contributed by atoms with E-state index in [1.165, 1.54) is 6.42 Å². The SMILES string of the molecule is CN(Cc1ccc(C(=O)O)cc1)C(=O)N(C)C1CCC1. The molecule has 1 aliphatic carbocycles. The van der Waals surface area contributed by atoms with E-state index >= 15 is 0 Å².